The Balaban J connectivity index is 1.70. The molecule has 0 radical (unpaired) electrons. The van der Waals surface area contributed by atoms with Gasteiger partial charge in [0.1, 0.15) is 0 Å². The zero-order valence-corrected chi connectivity index (χ0v) is 11.3. The largest absolute Gasteiger partial charge is 0.332 e. The second-order valence-corrected chi connectivity index (χ2v) is 5.75. The summed E-state index contributed by atoms with van der Waals surface area (Å²) in [4.78, 5) is 6.87. The molecule has 1 aromatic rings. The Morgan fingerprint density at radius 1 is 1.33 bits per heavy atom. The van der Waals surface area contributed by atoms with Crippen molar-refractivity contribution in [1.29, 1.82) is 0 Å². The lowest BCUT2D eigenvalue weighted by molar-refractivity contribution is 0.166. The van der Waals surface area contributed by atoms with Crippen molar-refractivity contribution in [2.24, 2.45) is 0 Å². The maximum atomic E-state index is 4.36. The molecule has 2 saturated heterocycles. The molecule has 2 fully saturated rings. The standard InChI is InChI=1S/C14H24N4/c1-17-8-3-2-5-12(17)10-18-11-15-9-14(18)13-6-4-7-16-13/h9,11-13,16H,2-8,10H2,1H3/t12?,13-/m0/s1. The van der Waals surface area contributed by atoms with Crippen LogP contribution in [0.5, 0.6) is 0 Å². The van der Waals surface area contributed by atoms with Crippen molar-refractivity contribution in [3.8, 4) is 0 Å². The first kappa shape index (κ1) is 12.2. The van der Waals surface area contributed by atoms with Gasteiger partial charge in [-0.1, -0.05) is 6.42 Å². The van der Waals surface area contributed by atoms with Gasteiger partial charge in [0.05, 0.1) is 12.0 Å². The summed E-state index contributed by atoms with van der Waals surface area (Å²) in [7, 11) is 2.26. The van der Waals surface area contributed by atoms with Crippen LogP contribution in [0.4, 0.5) is 0 Å². The van der Waals surface area contributed by atoms with Crippen LogP contribution in [-0.2, 0) is 6.54 Å². The zero-order valence-electron chi connectivity index (χ0n) is 11.3. The van der Waals surface area contributed by atoms with Gasteiger partial charge in [-0.25, -0.2) is 4.98 Å². The average Bonchev–Trinajstić information content (AvgIpc) is 3.02. The topological polar surface area (TPSA) is 33.1 Å². The quantitative estimate of drug-likeness (QED) is 0.885. The highest BCUT2D eigenvalue weighted by Gasteiger charge is 2.23. The van der Waals surface area contributed by atoms with E-state index in [9.17, 15) is 0 Å². The van der Waals surface area contributed by atoms with Crippen LogP contribution >= 0.6 is 0 Å². The Morgan fingerprint density at radius 3 is 3.06 bits per heavy atom. The van der Waals surface area contributed by atoms with Crippen molar-refractivity contribution in [2.45, 2.75) is 50.7 Å². The summed E-state index contributed by atoms with van der Waals surface area (Å²) in [5.74, 6) is 0. The Kier molecular flexibility index (Phi) is 3.66. The number of piperidine rings is 1. The van der Waals surface area contributed by atoms with Crippen molar-refractivity contribution in [2.75, 3.05) is 20.1 Å². The SMILES string of the molecule is CN1CCCCC1Cn1cncc1[C@@H]1CCCN1. The number of hydrogen-bond acceptors (Lipinski definition) is 3. The smallest absolute Gasteiger partial charge is 0.0949 e. The fourth-order valence-electron chi connectivity index (χ4n) is 3.31. The first-order valence-electron chi connectivity index (χ1n) is 7.28. The van der Waals surface area contributed by atoms with Gasteiger partial charge in [0.2, 0.25) is 0 Å². The molecule has 2 aliphatic rings. The first-order chi connectivity index (χ1) is 8.84. The van der Waals surface area contributed by atoms with Crippen molar-refractivity contribution in [3.63, 3.8) is 0 Å². The van der Waals surface area contributed by atoms with Crippen LogP contribution in [0.2, 0.25) is 0 Å². The van der Waals surface area contributed by atoms with Crippen LogP contribution in [0.3, 0.4) is 0 Å². The molecule has 0 aromatic carbocycles. The van der Waals surface area contributed by atoms with Gasteiger partial charge < -0.3 is 14.8 Å². The van der Waals surface area contributed by atoms with Gasteiger partial charge in [0.25, 0.3) is 0 Å². The maximum Gasteiger partial charge on any atom is 0.0949 e. The fraction of sp³-hybridized carbons (Fsp3) is 0.786. The molecule has 4 heteroatoms. The first-order valence-corrected chi connectivity index (χ1v) is 7.28. The Hall–Kier alpha value is -0.870. The van der Waals surface area contributed by atoms with Gasteiger partial charge >= 0.3 is 0 Å². The van der Waals surface area contributed by atoms with E-state index in [1.165, 1.54) is 44.3 Å². The molecule has 2 aliphatic heterocycles. The summed E-state index contributed by atoms with van der Waals surface area (Å²) >= 11 is 0. The van der Waals surface area contributed by atoms with E-state index >= 15 is 0 Å². The number of rotatable bonds is 3. The summed E-state index contributed by atoms with van der Waals surface area (Å²) in [6.07, 6.45) is 10.7. The molecule has 100 valence electrons. The van der Waals surface area contributed by atoms with Crippen LogP contribution in [0.15, 0.2) is 12.5 Å². The van der Waals surface area contributed by atoms with Gasteiger partial charge in [-0.05, 0) is 45.8 Å². The summed E-state index contributed by atoms with van der Waals surface area (Å²) in [5, 5.41) is 3.57. The van der Waals surface area contributed by atoms with Crippen LogP contribution in [0.25, 0.3) is 0 Å². The number of imidazole rings is 1. The maximum absolute atomic E-state index is 4.36. The molecule has 0 spiro atoms. The van der Waals surface area contributed by atoms with Gasteiger partial charge in [-0.2, -0.15) is 0 Å². The van der Waals surface area contributed by atoms with E-state index < -0.39 is 0 Å². The zero-order chi connectivity index (χ0) is 12.4. The summed E-state index contributed by atoms with van der Waals surface area (Å²) in [5.41, 5.74) is 1.38. The highest BCUT2D eigenvalue weighted by molar-refractivity contribution is 5.07. The minimum Gasteiger partial charge on any atom is -0.332 e. The predicted molar refractivity (Wildman–Crippen MR) is 72.5 cm³/mol. The highest BCUT2D eigenvalue weighted by atomic mass is 15.2. The molecule has 0 amide bonds. The molecular formula is C14H24N4. The highest BCUT2D eigenvalue weighted by Crippen LogP contribution is 2.24. The number of aromatic nitrogens is 2. The second kappa shape index (κ2) is 5.41. The van der Waals surface area contributed by atoms with E-state index in [1.807, 2.05) is 12.5 Å². The fourth-order valence-corrected chi connectivity index (χ4v) is 3.31. The van der Waals surface area contributed by atoms with Gasteiger partial charge in [-0.3, -0.25) is 0 Å². The van der Waals surface area contributed by atoms with Crippen molar-refractivity contribution >= 4 is 0 Å². The summed E-state index contributed by atoms with van der Waals surface area (Å²) in [6.45, 7) is 3.50. The minimum absolute atomic E-state index is 0.529. The van der Waals surface area contributed by atoms with E-state index in [0.717, 1.165) is 13.1 Å². The van der Waals surface area contributed by atoms with E-state index in [4.69, 9.17) is 0 Å². The third-order valence-electron chi connectivity index (χ3n) is 4.49. The van der Waals surface area contributed by atoms with E-state index in [1.54, 1.807) is 0 Å². The van der Waals surface area contributed by atoms with Gasteiger partial charge in [0, 0.05) is 24.8 Å². The second-order valence-electron chi connectivity index (χ2n) is 5.75. The minimum atomic E-state index is 0.529. The molecule has 1 aromatic heterocycles. The molecule has 3 heterocycles. The van der Waals surface area contributed by atoms with Crippen molar-refractivity contribution in [1.82, 2.24) is 19.8 Å². The molecule has 1 N–H and O–H groups in total. The average molecular weight is 248 g/mol. The molecule has 0 saturated carbocycles. The van der Waals surface area contributed by atoms with Gasteiger partial charge in [-0.15, -0.1) is 0 Å². The molecular weight excluding hydrogens is 224 g/mol. The van der Waals surface area contributed by atoms with E-state index in [0.29, 0.717) is 12.1 Å². The third-order valence-corrected chi connectivity index (χ3v) is 4.49. The van der Waals surface area contributed by atoms with Crippen LogP contribution < -0.4 is 5.32 Å². The Labute approximate surface area is 109 Å². The van der Waals surface area contributed by atoms with E-state index in [2.05, 4.69) is 26.8 Å². The van der Waals surface area contributed by atoms with E-state index in [-0.39, 0.29) is 0 Å². The molecule has 0 aliphatic carbocycles. The van der Waals surface area contributed by atoms with Crippen LogP contribution in [0.1, 0.15) is 43.8 Å². The molecule has 2 atom stereocenters. The normalized spacial score (nSPS) is 29.8. The third kappa shape index (κ3) is 2.45. The molecule has 4 nitrogen and oxygen atoms in total. The lowest BCUT2D eigenvalue weighted by Crippen LogP contribution is -2.39. The number of likely N-dealkylation sites (N-methyl/N-ethyl adjacent to an activating group) is 1. The molecule has 3 rings (SSSR count). The lowest BCUT2D eigenvalue weighted by atomic mass is 10.0. The van der Waals surface area contributed by atoms with Gasteiger partial charge in [0.15, 0.2) is 0 Å². The Morgan fingerprint density at radius 2 is 2.28 bits per heavy atom. The lowest BCUT2D eigenvalue weighted by Gasteiger charge is -2.33. The molecule has 18 heavy (non-hydrogen) atoms. The number of likely N-dealkylation sites (tertiary alicyclic amines) is 1. The monoisotopic (exact) mass is 248 g/mol. The number of nitrogens with zero attached hydrogens (tertiary/aromatic N) is 3. The summed E-state index contributed by atoms with van der Waals surface area (Å²) in [6, 6.07) is 1.22. The van der Waals surface area contributed by atoms with Crippen LogP contribution in [-0.4, -0.2) is 40.6 Å². The predicted octanol–water partition coefficient (Wildman–Crippen LogP) is 1.79. The summed E-state index contributed by atoms with van der Waals surface area (Å²) < 4.78 is 2.37. The molecule has 1 unspecified atom stereocenters. The van der Waals surface area contributed by atoms with Crippen LogP contribution in [0, 0.1) is 0 Å². The Bertz CT molecular complexity index is 381. The number of hydrogen-bond donors (Lipinski definition) is 1. The molecule has 0 bridgehead atoms. The van der Waals surface area contributed by atoms with Crippen molar-refractivity contribution in [3.05, 3.63) is 18.2 Å². The number of nitrogens with one attached hydrogen (secondary N) is 1. The van der Waals surface area contributed by atoms with Crippen molar-refractivity contribution < 1.29 is 0 Å².